The van der Waals surface area contributed by atoms with Crippen LogP contribution < -0.4 is 5.32 Å². The molecule has 0 bridgehead atoms. The summed E-state index contributed by atoms with van der Waals surface area (Å²) in [7, 11) is 0. The van der Waals surface area contributed by atoms with E-state index in [0.29, 0.717) is 5.75 Å². The SMILES string of the molecule is Cc1cc(CNC(C)c2cn[nH]c2)cc(C)c1O. The summed E-state index contributed by atoms with van der Waals surface area (Å²) in [4.78, 5) is 0. The minimum Gasteiger partial charge on any atom is -0.507 e. The van der Waals surface area contributed by atoms with E-state index in [-0.39, 0.29) is 6.04 Å². The zero-order valence-corrected chi connectivity index (χ0v) is 11.0. The van der Waals surface area contributed by atoms with Crippen LogP contribution in [0, 0.1) is 13.8 Å². The predicted molar refractivity (Wildman–Crippen MR) is 71.4 cm³/mol. The lowest BCUT2D eigenvalue weighted by Gasteiger charge is -2.13. The molecule has 3 N–H and O–H groups in total. The molecule has 1 aromatic heterocycles. The van der Waals surface area contributed by atoms with Gasteiger partial charge in [0.2, 0.25) is 0 Å². The predicted octanol–water partition coefficient (Wildman–Crippen LogP) is 2.58. The summed E-state index contributed by atoms with van der Waals surface area (Å²) in [5, 5.41) is 19.9. The number of aromatic hydroxyl groups is 1. The van der Waals surface area contributed by atoms with E-state index in [1.54, 1.807) is 0 Å². The number of rotatable bonds is 4. The standard InChI is InChI=1S/C14H19N3O/c1-9-4-12(5-10(2)14(9)18)6-15-11(3)13-7-16-17-8-13/h4-5,7-8,11,15,18H,6H2,1-3H3,(H,16,17). The monoisotopic (exact) mass is 245 g/mol. The molecule has 0 saturated heterocycles. The topological polar surface area (TPSA) is 60.9 Å². The van der Waals surface area contributed by atoms with Gasteiger partial charge in [-0.2, -0.15) is 5.10 Å². The molecule has 1 unspecified atom stereocenters. The first-order chi connectivity index (χ1) is 8.58. The molecule has 0 aliphatic rings. The third-order valence-corrected chi connectivity index (χ3v) is 3.18. The molecule has 0 amide bonds. The fourth-order valence-corrected chi connectivity index (χ4v) is 2.03. The number of phenols is 1. The van der Waals surface area contributed by atoms with E-state index in [2.05, 4.69) is 22.4 Å². The third kappa shape index (κ3) is 2.71. The molecule has 0 aliphatic carbocycles. The Morgan fingerprint density at radius 1 is 1.33 bits per heavy atom. The van der Waals surface area contributed by atoms with Crippen molar-refractivity contribution >= 4 is 0 Å². The smallest absolute Gasteiger partial charge is 0.121 e. The minimum absolute atomic E-state index is 0.248. The number of hydrogen-bond acceptors (Lipinski definition) is 3. The summed E-state index contributed by atoms with van der Waals surface area (Å²) in [6.45, 7) is 6.72. The van der Waals surface area contributed by atoms with Crippen molar-refractivity contribution < 1.29 is 5.11 Å². The fraction of sp³-hybridized carbons (Fsp3) is 0.357. The van der Waals surface area contributed by atoms with E-state index in [4.69, 9.17) is 0 Å². The lowest BCUT2D eigenvalue weighted by molar-refractivity contribution is 0.466. The van der Waals surface area contributed by atoms with E-state index >= 15 is 0 Å². The number of hydrogen-bond donors (Lipinski definition) is 3. The molecule has 2 rings (SSSR count). The maximum Gasteiger partial charge on any atom is 0.121 e. The second kappa shape index (κ2) is 5.23. The highest BCUT2D eigenvalue weighted by atomic mass is 16.3. The molecule has 4 nitrogen and oxygen atoms in total. The molecule has 1 atom stereocenters. The van der Waals surface area contributed by atoms with Crippen molar-refractivity contribution in [1.82, 2.24) is 15.5 Å². The summed E-state index contributed by atoms with van der Waals surface area (Å²) < 4.78 is 0. The van der Waals surface area contributed by atoms with Crippen LogP contribution in [0.2, 0.25) is 0 Å². The van der Waals surface area contributed by atoms with Crippen molar-refractivity contribution in [2.45, 2.75) is 33.4 Å². The fourth-order valence-electron chi connectivity index (χ4n) is 2.03. The van der Waals surface area contributed by atoms with Gasteiger partial charge in [0.25, 0.3) is 0 Å². The van der Waals surface area contributed by atoms with Crippen molar-refractivity contribution in [2.75, 3.05) is 0 Å². The van der Waals surface area contributed by atoms with Crippen LogP contribution in [0.4, 0.5) is 0 Å². The molecule has 4 heteroatoms. The van der Waals surface area contributed by atoms with Gasteiger partial charge in [-0.15, -0.1) is 0 Å². The lowest BCUT2D eigenvalue weighted by atomic mass is 10.1. The maximum atomic E-state index is 9.73. The summed E-state index contributed by atoms with van der Waals surface area (Å²) in [5.41, 5.74) is 4.16. The largest absolute Gasteiger partial charge is 0.507 e. The van der Waals surface area contributed by atoms with Crippen molar-refractivity contribution in [1.29, 1.82) is 0 Å². The number of H-pyrrole nitrogens is 1. The van der Waals surface area contributed by atoms with Crippen molar-refractivity contribution in [2.24, 2.45) is 0 Å². The van der Waals surface area contributed by atoms with E-state index in [0.717, 1.165) is 23.2 Å². The van der Waals surface area contributed by atoms with Gasteiger partial charge >= 0.3 is 0 Å². The van der Waals surface area contributed by atoms with E-state index in [1.165, 1.54) is 5.56 Å². The van der Waals surface area contributed by atoms with E-state index in [9.17, 15) is 5.11 Å². The Morgan fingerprint density at radius 3 is 2.56 bits per heavy atom. The number of benzene rings is 1. The number of nitrogens with zero attached hydrogens (tertiary/aromatic N) is 1. The van der Waals surface area contributed by atoms with Crippen LogP contribution in [-0.2, 0) is 6.54 Å². The molecule has 2 aromatic rings. The van der Waals surface area contributed by atoms with E-state index < -0.39 is 0 Å². The van der Waals surface area contributed by atoms with Gasteiger partial charge in [-0.3, -0.25) is 5.10 Å². The Hall–Kier alpha value is -1.81. The first-order valence-electron chi connectivity index (χ1n) is 6.09. The first-order valence-corrected chi connectivity index (χ1v) is 6.09. The maximum absolute atomic E-state index is 9.73. The summed E-state index contributed by atoms with van der Waals surface area (Å²) in [6.07, 6.45) is 3.72. The van der Waals surface area contributed by atoms with Crippen molar-refractivity contribution in [3.63, 3.8) is 0 Å². The highest BCUT2D eigenvalue weighted by Gasteiger charge is 2.07. The van der Waals surface area contributed by atoms with Gasteiger partial charge in [0.15, 0.2) is 0 Å². The van der Waals surface area contributed by atoms with Crippen LogP contribution >= 0.6 is 0 Å². The Morgan fingerprint density at radius 2 is 2.00 bits per heavy atom. The molecule has 0 fully saturated rings. The van der Waals surface area contributed by atoms with Crippen LogP contribution in [0.25, 0.3) is 0 Å². The average molecular weight is 245 g/mol. The molecule has 0 saturated carbocycles. The van der Waals surface area contributed by atoms with Crippen LogP contribution in [0.3, 0.4) is 0 Å². The van der Waals surface area contributed by atoms with Gasteiger partial charge in [0, 0.05) is 24.3 Å². The van der Waals surface area contributed by atoms with Crippen molar-refractivity contribution in [3.05, 3.63) is 46.8 Å². The summed E-state index contributed by atoms with van der Waals surface area (Å²) in [6, 6.07) is 4.27. The normalized spacial score (nSPS) is 12.6. The molecule has 18 heavy (non-hydrogen) atoms. The molecule has 0 spiro atoms. The lowest BCUT2D eigenvalue weighted by Crippen LogP contribution is -2.17. The summed E-state index contributed by atoms with van der Waals surface area (Å²) in [5.74, 6) is 0.390. The first kappa shape index (κ1) is 12.6. The van der Waals surface area contributed by atoms with Crippen molar-refractivity contribution in [3.8, 4) is 5.75 Å². The molecular weight excluding hydrogens is 226 g/mol. The molecule has 96 valence electrons. The Bertz CT molecular complexity index is 497. The molecule has 1 aromatic carbocycles. The van der Waals surface area contributed by atoms with Gasteiger partial charge < -0.3 is 10.4 Å². The number of aromatic nitrogens is 2. The van der Waals surface area contributed by atoms with Crippen LogP contribution in [0.1, 0.15) is 35.2 Å². The third-order valence-electron chi connectivity index (χ3n) is 3.18. The Balaban J connectivity index is 2.02. The van der Waals surface area contributed by atoms with E-state index in [1.807, 2.05) is 38.4 Å². The second-order valence-electron chi connectivity index (χ2n) is 4.71. The average Bonchev–Trinajstić information content (AvgIpc) is 2.86. The van der Waals surface area contributed by atoms with Gasteiger partial charge in [0.05, 0.1) is 6.20 Å². The number of aromatic amines is 1. The molecular formula is C14H19N3O. The summed E-state index contributed by atoms with van der Waals surface area (Å²) >= 11 is 0. The van der Waals surface area contributed by atoms with Crippen LogP contribution in [0.15, 0.2) is 24.5 Å². The van der Waals surface area contributed by atoms with Gasteiger partial charge in [-0.1, -0.05) is 12.1 Å². The van der Waals surface area contributed by atoms with Gasteiger partial charge in [-0.25, -0.2) is 0 Å². The minimum atomic E-state index is 0.248. The van der Waals surface area contributed by atoms with Gasteiger partial charge in [-0.05, 0) is 37.5 Å². The van der Waals surface area contributed by atoms with Crippen LogP contribution in [-0.4, -0.2) is 15.3 Å². The Kier molecular flexibility index (Phi) is 3.67. The molecule has 1 heterocycles. The number of aryl methyl sites for hydroxylation is 2. The van der Waals surface area contributed by atoms with Crippen LogP contribution in [0.5, 0.6) is 5.75 Å². The second-order valence-corrected chi connectivity index (χ2v) is 4.71. The number of phenolic OH excluding ortho intramolecular Hbond substituents is 1. The zero-order chi connectivity index (χ0) is 13.1. The highest BCUT2D eigenvalue weighted by Crippen LogP contribution is 2.23. The zero-order valence-electron chi connectivity index (χ0n) is 11.0. The Labute approximate surface area is 107 Å². The quantitative estimate of drug-likeness (QED) is 0.776. The van der Waals surface area contributed by atoms with Gasteiger partial charge in [0.1, 0.15) is 5.75 Å². The molecule has 0 aliphatic heterocycles. The molecule has 0 radical (unpaired) electrons. The highest BCUT2D eigenvalue weighted by molar-refractivity contribution is 5.42. The number of nitrogens with one attached hydrogen (secondary N) is 2.